The first-order chi connectivity index (χ1) is 10.1. The Kier molecular flexibility index (Phi) is 3.82. The van der Waals surface area contributed by atoms with Crippen LogP contribution in [0.1, 0.15) is 13.3 Å². The third-order valence-corrected chi connectivity index (χ3v) is 4.21. The van der Waals surface area contributed by atoms with Crippen molar-refractivity contribution in [3.63, 3.8) is 0 Å². The maximum Gasteiger partial charge on any atom is 0.349 e. The molecule has 1 saturated heterocycles. The fourth-order valence-corrected chi connectivity index (χ4v) is 2.94. The number of piperazine rings is 1. The van der Waals surface area contributed by atoms with Gasteiger partial charge in [-0.1, -0.05) is 18.5 Å². The van der Waals surface area contributed by atoms with Crippen molar-refractivity contribution >= 4 is 28.5 Å². The minimum atomic E-state index is -0.269. The van der Waals surface area contributed by atoms with E-state index < -0.39 is 0 Å². The third kappa shape index (κ3) is 2.49. The zero-order valence-corrected chi connectivity index (χ0v) is 12.9. The number of fused-ring (bicyclic) bond motifs is 1. The Morgan fingerprint density at radius 3 is 3.00 bits per heavy atom. The van der Waals surface area contributed by atoms with Crippen LogP contribution in [0.25, 0.3) is 11.0 Å². The number of rotatable bonds is 2. The smallest absolute Gasteiger partial charge is 0.349 e. The van der Waals surface area contributed by atoms with E-state index in [0.29, 0.717) is 22.5 Å². The molecule has 7 heteroatoms. The van der Waals surface area contributed by atoms with Gasteiger partial charge in [0.15, 0.2) is 5.82 Å². The van der Waals surface area contributed by atoms with Crippen LogP contribution >= 0.6 is 11.6 Å². The lowest BCUT2D eigenvalue weighted by Crippen LogP contribution is -2.52. The lowest BCUT2D eigenvalue weighted by atomic mass is 10.1. The molecule has 1 atom stereocenters. The van der Waals surface area contributed by atoms with Crippen molar-refractivity contribution in [2.24, 2.45) is 7.05 Å². The van der Waals surface area contributed by atoms with Crippen LogP contribution in [0.15, 0.2) is 16.9 Å². The zero-order chi connectivity index (χ0) is 15.0. The van der Waals surface area contributed by atoms with E-state index in [2.05, 4.69) is 27.1 Å². The largest absolute Gasteiger partial charge is 0.349 e. The van der Waals surface area contributed by atoms with Crippen molar-refractivity contribution in [3.05, 3.63) is 27.8 Å². The van der Waals surface area contributed by atoms with Crippen molar-refractivity contribution < 1.29 is 0 Å². The van der Waals surface area contributed by atoms with Gasteiger partial charge < -0.3 is 10.2 Å². The van der Waals surface area contributed by atoms with Gasteiger partial charge >= 0.3 is 5.69 Å². The van der Waals surface area contributed by atoms with Crippen molar-refractivity contribution in [3.8, 4) is 0 Å². The molecule has 0 saturated carbocycles. The second-order valence-corrected chi connectivity index (χ2v) is 5.63. The molecule has 2 aromatic heterocycles. The van der Waals surface area contributed by atoms with Gasteiger partial charge in [-0.25, -0.2) is 9.78 Å². The van der Waals surface area contributed by atoms with E-state index >= 15 is 0 Å². The molecular formula is C14H18ClN5O. The van der Waals surface area contributed by atoms with E-state index in [4.69, 9.17) is 11.6 Å². The summed E-state index contributed by atoms with van der Waals surface area (Å²) in [5.41, 5.74) is 1.17. The van der Waals surface area contributed by atoms with E-state index in [1.807, 2.05) is 6.07 Å². The van der Waals surface area contributed by atoms with Crippen LogP contribution in [-0.4, -0.2) is 40.2 Å². The lowest BCUT2D eigenvalue weighted by molar-refractivity contribution is 0.463. The van der Waals surface area contributed by atoms with E-state index in [9.17, 15) is 4.79 Å². The summed E-state index contributed by atoms with van der Waals surface area (Å²) in [6.45, 7) is 4.70. The number of pyridine rings is 1. The van der Waals surface area contributed by atoms with Crippen LogP contribution in [0.3, 0.4) is 0 Å². The normalized spacial score (nSPS) is 19.2. The minimum absolute atomic E-state index is 0.269. The molecule has 3 rings (SSSR count). The van der Waals surface area contributed by atoms with Crippen molar-refractivity contribution in [2.75, 3.05) is 24.5 Å². The number of aryl methyl sites for hydroxylation is 1. The summed E-state index contributed by atoms with van der Waals surface area (Å²) < 4.78 is 1.51. The van der Waals surface area contributed by atoms with E-state index in [-0.39, 0.29) is 5.69 Å². The van der Waals surface area contributed by atoms with Gasteiger partial charge in [0.2, 0.25) is 0 Å². The van der Waals surface area contributed by atoms with Gasteiger partial charge in [-0.15, -0.1) is 0 Å². The molecule has 0 spiro atoms. The molecule has 3 heterocycles. The Labute approximate surface area is 127 Å². The van der Waals surface area contributed by atoms with Gasteiger partial charge in [-0.3, -0.25) is 4.57 Å². The Morgan fingerprint density at radius 1 is 1.43 bits per heavy atom. The number of aromatic nitrogens is 3. The average molecular weight is 308 g/mol. The van der Waals surface area contributed by atoms with Gasteiger partial charge in [0.05, 0.1) is 5.52 Å². The molecule has 0 aromatic carbocycles. The molecule has 6 nitrogen and oxygen atoms in total. The second kappa shape index (κ2) is 5.61. The number of nitrogens with zero attached hydrogens (tertiary/aromatic N) is 4. The van der Waals surface area contributed by atoms with Crippen LogP contribution in [0, 0.1) is 0 Å². The Bertz CT molecular complexity index is 729. The number of hydrogen-bond acceptors (Lipinski definition) is 5. The Hall–Kier alpha value is -1.66. The molecule has 21 heavy (non-hydrogen) atoms. The third-order valence-electron chi connectivity index (χ3n) is 4.00. The van der Waals surface area contributed by atoms with Gasteiger partial charge in [0.25, 0.3) is 0 Å². The van der Waals surface area contributed by atoms with Crippen LogP contribution in [-0.2, 0) is 7.05 Å². The fourth-order valence-electron chi connectivity index (χ4n) is 2.79. The summed E-state index contributed by atoms with van der Waals surface area (Å²) in [5.74, 6) is 0.643. The van der Waals surface area contributed by atoms with Gasteiger partial charge in [-0.05, 0) is 18.6 Å². The van der Waals surface area contributed by atoms with E-state index in [0.717, 1.165) is 31.6 Å². The van der Waals surface area contributed by atoms with Gasteiger partial charge in [0.1, 0.15) is 10.7 Å². The predicted molar refractivity (Wildman–Crippen MR) is 84.1 cm³/mol. The topological polar surface area (TPSA) is 63.1 Å². The van der Waals surface area contributed by atoms with Crippen LogP contribution in [0.4, 0.5) is 5.82 Å². The molecule has 0 radical (unpaired) electrons. The fraction of sp³-hybridized carbons (Fsp3) is 0.500. The highest BCUT2D eigenvalue weighted by molar-refractivity contribution is 6.29. The monoisotopic (exact) mass is 307 g/mol. The summed E-state index contributed by atoms with van der Waals surface area (Å²) >= 11 is 6.03. The molecular weight excluding hydrogens is 290 g/mol. The Balaban J connectivity index is 2.23. The highest BCUT2D eigenvalue weighted by Gasteiger charge is 2.25. The molecule has 1 N–H and O–H groups in total. The summed E-state index contributed by atoms with van der Waals surface area (Å²) in [7, 11) is 1.70. The predicted octanol–water partition coefficient (Wildman–Crippen LogP) is 1.17. The summed E-state index contributed by atoms with van der Waals surface area (Å²) in [5, 5.41) is 3.78. The van der Waals surface area contributed by atoms with Crippen molar-refractivity contribution in [1.29, 1.82) is 0 Å². The van der Waals surface area contributed by atoms with Crippen molar-refractivity contribution in [2.45, 2.75) is 19.4 Å². The average Bonchev–Trinajstić information content (AvgIpc) is 2.50. The first-order valence-corrected chi connectivity index (χ1v) is 7.50. The second-order valence-electron chi connectivity index (χ2n) is 5.24. The maximum absolute atomic E-state index is 12.1. The van der Waals surface area contributed by atoms with Crippen LogP contribution in [0.2, 0.25) is 5.15 Å². The number of nitrogens with one attached hydrogen (secondary N) is 1. The summed E-state index contributed by atoms with van der Waals surface area (Å²) in [4.78, 5) is 22.9. The standard InChI is InChI=1S/C14H18ClN5O/c1-3-9-8-16-6-7-20(9)13-12-10(4-5-11(15)17-12)19(2)14(21)18-13/h4-5,9,16H,3,6-8H2,1-2H3. The molecule has 1 fully saturated rings. The highest BCUT2D eigenvalue weighted by atomic mass is 35.5. The number of anilines is 1. The van der Waals surface area contributed by atoms with E-state index in [1.54, 1.807) is 13.1 Å². The zero-order valence-electron chi connectivity index (χ0n) is 12.1. The molecule has 1 aliphatic rings. The highest BCUT2D eigenvalue weighted by Crippen LogP contribution is 2.25. The van der Waals surface area contributed by atoms with E-state index in [1.165, 1.54) is 4.57 Å². The first kappa shape index (κ1) is 14.3. The first-order valence-electron chi connectivity index (χ1n) is 7.12. The molecule has 0 bridgehead atoms. The molecule has 1 unspecified atom stereocenters. The van der Waals surface area contributed by atoms with Gasteiger partial charge in [0, 0.05) is 32.7 Å². The number of hydrogen-bond donors (Lipinski definition) is 1. The molecule has 0 amide bonds. The summed E-state index contributed by atoms with van der Waals surface area (Å²) in [6.07, 6.45) is 0.978. The SMILES string of the molecule is CCC1CNCCN1c1nc(=O)n(C)c2ccc(Cl)nc12. The lowest BCUT2D eigenvalue weighted by Gasteiger charge is -2.36. The van der Waals surface area contributed by atoms with Crippen LogP contribution < -0.4 is 15.9 Å². The molecule has 0 aliphatic carbocycles. The maximum atomic E-state index is 12.1. The minimum Gasteiger partial charge on any atom is -0.349 e. The summed E-state index contributed by atoms with van der Waals surface area (Å²) in [6, 6.07) is 3.82. The quantitative estimate of drug-likeness (QED) is 0.844. The Morgan fingerprint density at radius 2 is 2.24 bits per heavy atom. The van der Waals surface area contributed by atoms with Gasteiger partial charge in [-0.2, -0.15) is 4.98 Å². The molecule has 2 aromatic rings. The van der Waals surface area contributed by atoms with Crippen LogP contribution in [0.5, 0.6) is 0 Å². The van der Waals surface area contributed by atoms with Crippen molar-refractivity contribution in [1.82, 2.24) is 19.9 Å². The number of halogens is 1. The molecule has 112 valence electrons. The molecule has 1 aliphatic heterocycles.